The van der Waals surface area contributed by atoms with Gasteiger partial charge in [-0.15, -0.1) is 0 Å². The number of carboxylic acid groups (broad SMARTS) is 1. The third-order valence-corrected chi connectivity index (χ3v) is 6.53. The van der Waals surface area contributed by atoms with Crippen molar-refractivity contribution in [3.8, 4) is 11.1 Å². The summed E-state index contributed by atoms with van der Waals surface area (Å²) in [5, 5.41) is 14.7. The summed E-state index contributed by atoms with van der Waals surface area (Å²) in [4.78, 5) is 36.3. The van der Waals surface area contributed by atoms with Crippen molar-refractivity contribution in [1.82, 2.24) is 10.6 Å². The molecule has 3 N–H and O–H groups in total. The number of fused-ring (bicyclic) bond motifs is 3. The summed E-state index contributed by atoms with van der Waals surface area (Å²) in [6.45, 7) is 5.67. The lowest BCUT2D eigenvalue weighted by Crippen LogP contribution is -2.47. The van der Waals surface area contributed by atoms with Gasteiger partial charge in [-0.25, -0.2) is 4.79 Å². The van der Waals surface area contributed by atoms with Gasteiger partial charge in [0, 0.05) is 18.0 Å². The van der Waals surface area contributed by atoms with Crippen LogP contribution in [0.25, 0.3) is 11.1 Å². The molecule has 3 atom stereocenters. The first kappa shape index (κ1) is 25.3. The molecule has 2 aromatic rings. The summed E-state index contributed by atoms with van der Waals surface area (Å²) in [6, 6.07) is 15.3. The van der Waals surface area contributed by atoms with E-state index in [1.54, 1.807) is 13.8 Å². The molecule has 0 aromatic heterocycles. The van der Waals surface area contributed by atoms with Crippen molar-refractivity contribution in [2.75, 3.05) is 6.61 Å². The van der Waals surface area contributed by atoms with Gasteiger partial charge in [0.1, 0.15) is 6.61 Å². The summed E-state index contributed by atoms with van der Waals surface area (Å²) >= 11 is 0. The Balaban J connectivity index is 1.54. The van der Waals surface area contributed by atoms with Crippen molar-refractivity contribution < 1.29 is 24.2 Å². The molecule has 7 nitrogen and oxygen atoms in total. The van der Waals surface area contributed by atoms with Crippen LogP contribution >= 0.6 is 0 Å². The first-order valence-electron chi connectivity index (χ1n) is 12.0. The van der Waals surface area contributed by atoms with Crippen LogP contribution in [-0.2, 0) is 14.3 Å². The van der Waals surface area contributed by atoms with Gasteiger partial charge in [0.25, 0.3) is 0 Å². The second kappa shape index (κ2) is 11.7. The predicted octanol–water partition coefficient (Wildman–Crippen LogP) is 4.70. The van der Waals surface area contributed by atoms with Crippen LogP contribution in [0.4, 0.5) is 4.79 Å². The van der Waals surface area contributed by atoms with Gasteiger partial charge >= 0.3 is 12.1 Å². The van der Waals surface area contributed by atoms with E-state index < -0.39 is 30.1 Å². The quantitative estimate of drug-likeness (QED) is 0.445. The lowest BCUT2D eigenvalue weighted by molar-refractivity contribution is -0.137. The fourth-order valence-electron chi connectivity index (χ4n) is 4.40. The van der Waals surface area contributed by atoms with E-state index in [4.69, 9.17) is 9.84 Å². The molecule has 1 aliphatic carbocycles. The predicted molar refractivity (Wildman–Crippen MR) is 131 cm³/mol. The first-order chi connectivity index (χ1) is 16.3. The maximum absolute atomic E-state index is 12.7. The van der Waals surface area contributed by atoms with E-state index in [0.29, 0.717) is 6.42 Å². The molecule has 0 heterocycles. The van der Waals surface area contributed by atoms with Crippen molar-refractivity contribution in [3.63, 3.8) is 0 Å². The largest absolute Gasteiger partial charge is 0.481 e. The van der Waals surface area contributed by atoms with Gasteiger partial charge < -0.3 is 20.5 Å². The smallest absolute Gasteiger partial charge is 0.407 e. The minimum absolute atomic E-state index is 0.0375. The Kier molecular flexibility index (Phi) is 8.68. The molecule has 0 saturated carbocycles. The molecule has 0 fully saturated rings. The molecule has 2 unspecified atom stereocenters. The number of carboxylic acids is 1. The summed E-state index contributed by atoms with van der Waals surface area (Å²) in [5.41, 5.74) is 4.58. The molecule has 182 valence electrons. The molecule has 0 radical (unpaired) electrons. The van der Waals surface area contributed by atoms with Crippen molar-refractivity contribution >= 4 is 18.0 Å². The Labute approximate surface area is 200 Å². The highest BCUT2D eigenvalue weighted by molar-refractivity contribution is 5.81. The van der Waals surface area contributed by atoms with Gasteiger partial charge in [0.05, 0.1) is 12.3 Å². The van der Waals surface area contributed by atoms with Crippen molar-refractivity contribution in [2.45, 2.75) is 64.5 Å². The third kappa shape index (κ3) is 6.16. The number of rotatable bonds is 11. The zero-order valence-electron chi connectivity index (χ0n) is 20.0. The van der Waals surface area contributed by atoms with Gasteiger partial charge in [0.2, 0.25) is 5.91 Å². The molecule has 0 spiro atoms. The van der Waals surface area contributed by atoms with Crippen LogP contribution < -0.4 is 10.6 Å². The van der Waals surface area contributed by atoms with Gasteiger partial charge in [-0.2, -0.15) is 0 Å². The molecule has 7 heteroatoms. The Hall–Kier alpha value is -3.35. The highest BCUT2D eigenvalue weighted by Crippen LogP contribution is 2.44. The zero-order chi connectivity index (χ0) is 24.7. The van der Waals surface area contributed by atoms with Crippen LogP contribution in [0.5, 0.6) is 0 Å². The summed E-state index contributed by atoms with van der Waals surface area (Å²) in [6.07, 6.45) is 1.66. The maximum Gasteiger partial charge on any atom is 0.407 e. The molecular weight excluding hydrogens is 432 g/mol. The van der Waals surface area contributed by atoms with Crippen LogP contribution in [0.15, 0.2) is 48.5 Å². The Morgan fingerprint density at radius 2 is 1.56 bits per heavy atom. The van der Waals surface area contributed by atoms with E-state index in [1.807, 2.05) is 31.2 Å². The molecule has 1 aliphatic rings. The van der Waals surface area contributed by atoms with Crippen LogP contribution in [-0.4, -0.2) is 41.8 Å². The average molecular weight is 467 g/mol. The molecule has 2 amide bonds. The lowest BCUT2D eigenvalue weighted by Gasteiger charge is -2.24. The topological polar surface area (TPSA) is 105 Å². The number of aliphatic carboxylic acids is 1. The number of carbonyl (C=O) groups is 3. The minimum atomic E-state index is -0.945. The number of amides is 2. The first-order valence-corrected chi connectivity index (χ1v) is 12.0. The fraction of sp³-hybridized carbons (Fsp3) is 0.444. The Morgan fingerprint density at radius 3 is 2.12 bits per heavy atom. The standard InChI is InChI=1S/C27H34N2O5/c1-4-5-10-19(15-25(30)31)29-26(32)17(2)18(3)28-27(33)34-16-24-22-13-8-6-11-20(22)21-12-7-9-14-23(21)24/h6-9,11-14,17-19,24H,4-5,10,15-16H2,1-3H3,(H,28,33)(H,29,32)(H,30,31)/t17?,18?,19-/m0/s1. The van der Waals surface area contributed by atoms with Gasteiger partial charge in [-0.3, -0.25) is 9.59 Å². The SMILES string of the molecule is CCCC[C@@H](CC(=O)O)NC(=O)C(C)C(C)NC(=O)OCC1c2ccccc2-c2ccccc21. The average Bonchev–Trinajstić information content (AvgIpc) is 3.14. The van der Waals surface area contributed by atoms with Gasteiger partial charge in [0.15, 0.2) is 0 Å². The highest BCUT2D eigenvalue weighted by atomic mass is 16.5. The number of ether oxygens (including phenoxy) is 1. The lowest BCUT2D eigenvalue weighted by atomic mass is 9.98. The molecule has 2 aromatic carbocycles. The minimum Gasteiger partial charge on any atom is -0.481 e. The fourth-order valence-corrected chi connectivity index (χ4v) is 4.40. The Morgan fingerprint density at radius 1 is 0.971 bits per heavy atom. The van der Waals surface area contributed by atoms with E-state index in [-0.39, 0.29) is 24.9 Å². The highest BCUT2D eigenvalue weighted by Gasteiger charge is 2.30. The van der Waals surface area contributed by atoms with E-state index >= 15 is 0 Å². The number of benzene rings is 2. The van der Waals surface area contributed by atoms with E-state index in [0.717, 1.165) is 35.1 Å². The monoisotopic (exact) mass is 466 g/mol. The maximum atomic E-state index is 12.7. The second-order valence-corrected chi connectivity index (χ2v) is 8.99. The van der Waals surface area contributed by atoms with Crippen molar-refractivity contribution in [1.29, 1.82) is 0 Å². The van der Waals surface area contributed by atoms with Gasteiger partial charge in [-0.1, -0.05) is 75.2 Å². The summed E-state index contributed by atoms with van der Waals surface area (Å²) < 4.78 is 5.57. The van der Waals surface area contributed by atoms with E-state index in [9.17, 15) is 14.4 Å². The number of nitrogens with one attached hydrogen (secondary N) is 2. The number of hydrogen-bond donors (Lipinski definition) is 3. The van der Waals surface area contributed by atoms with Crippen molar-refractivity contribution in [2.24, 2.45) is 5.92 Å². The normalized spacial score (nSPS) is 14.9. The van der Waals surface area contributed by atoms with Crippen LogP contribution in [0, 0.1) is 5.92 Å². The third-order valence-electron chi connectivity index (χ3n) is 6.53. The van der Waals surface area contributed by atoms with E-state index in [1.165, 1.54) is 0 Å². The summed E-state index contributed by atoms with van der Waals surface area (Å²) in [5.74, 6) is -1.81. The number of alkyl carbamates (subject to hydrolysis) is 1. The molecule has 3 rings (SSSR count). The van der Waals surface area contributed by atoms with Crippen LogP contribution in [0.1, 0.15) is 63.5 Å². The molecule has 0 saturated heterocycles. The number of hydrogen-bond acceptors (Lipinski definition) is 4. The van der Waals surface area contributed by atoms with Crippen molar-refractivity contribution in [3.05, 3.63) is 59.7 Å². The molecule has 34 heavy (non-hydrogen) atoms. The second-order valence-electron chi connectivity index (χ2n) is 8.99. The van der Waals surface area contributed by atoms with Crippen LogP contribution in [0.2, 0.25) is 0 Å². The number of unbranched alkanes of at least 4 members (excludes halogenated alkanes) is 1. The molecule has 0 aliphatic heterocycles. The Bertz CT molecular complexity index is 976. The molecule has 0 bridgehead atoms. The molecular formula is C27H34N2O5. The van der Waals surface area contributed by atoms with Gasteiger partial charge in [-0.05, 0) is 35.6 Å². The van der Waals surface area contributed by atoms with Crippen LogP contribution in [0.3, 0.4) is 0 Å². The number of carbonyl (C=O) groups excluding carboxylic acids is 2. The van der Waals surface area contributed by atoms with E-state index in [2.05, 4.69) is 34.9 Å². The zero-order valence-corrected chi connectivity index (χ0v) is 20.0. The summed E-state index contributed by atoms with van der Waals surface area (Å²) in [7, 11) is 0.